The molecule has 0 radical (unpaired) electrons. The van der Waals surface area contributed by atoms with E-state index in [9.17, 15) is 9.59 Å². The van der Waals surface area contributed by atoms with Crippen LogP contribution in [0.5, 0.6) is 0 Å². The Kier molecular flexibility index (Phi) is 5.66. The number of aromatic amines is 1. The van der Waals surface area contributed by atoms with Gasteiger partial charge in [-0.1, -0.05) is 0 Å². The third kappa shape index (κ3) is 4.23. The maximum Gasteiger partial charge on any atom is 0.254 e. The molecule has 1 aromatic rings. The van der Waals surface area contributed by atoms with Crippen LogP contribution in [0.25, 0.3) is 0 Å². The topological polar surface area (TPSA) is 69.3 Å². The third-order valence-electron chi connectivity index (χ3n) is 5.27. The minimum Gasteiger partial charge on any atom is -0.339 e. The first-order valence-corrected chi connectivity index (χ1v) is 9.20. The van der Waals surface area contributed by atoms with Gasteiger partial charge in [0.2, 0.25) is 5.91 Å². The molecule has 0 unspecified atom stereocenters. The summed E-state index contributed by atoms with van der Waals surface area (Å²) in [5.74, 6) is 0.648. The van der Waals surface area contributed by atoms with Crippen LogP contribution in [0.4, 0.5) is 0 Å². The highest BCUT2D eigenvalue weighted by atomic mass is 16.2. The van der Waals surface area contributed by atoms with E-state index >= 15 is 0 Å². The van der Waals surface area contributed by atoms with Gasteiger partial charge in [-0.15, -0.1) is 0 Å². The van der Waals surface area contributed by atoms with E-state index in [-0.39, 0.29) is 17.9 Å². The SMILES string of the molecule is Cc1ncc(CC(=O)N2CCCC[C@@H]2CCN2CCCC2)c(=O)[nH]1. The first-order valence-electron chi connectivity index (χ1n) is 9.20. The number of aromatic nitrogens is 2. The van der Waals surface area contributed by atoms with Gasteiger partial charge in [0.15, 0.2) is 0 Å². The number of H-pyrrole nitrogens is 1. The Bertz CT molecular complexity index is 622. The molecule has 132 valence electrons. The number of likely N-dealkylation sites (tertiary alicyclic amines) is 2. The molecule has 0 spiro atoms. The van der Waals surface area contributed by atoms with Crippen LogP contribution in [0.1, 0.15) is 49.9 Å². The Morgan fingerprint density at radius 2 is 2.00 bits per heavy atom. The van der Waals surface area contributed by atoms with Crippen LogP contribution in [0.15, 0.2) is 11.0 Å². The summed E-state index contributed by atoms with van der Waals surface area (Å²) in [6, 6.07) is 0.323. The number of carbonyl (C=O) groups excluding carboxylic acids is 1. The molecule has 2 aliphatic rings. The van der Waals surface area contributed by atoms with Gasteiger partial charge < -0.3 is 14.8 Å². The van der Waals surface area contributed by atoms with Crippen molar-refractivity contribution in [1.82, 2.24) is 19.8 Å². The monoisotopic (exact) mass is 332 g/mol. The van der Waals surface area contributed by atoms with Crippen LogP contribution in [-0.4, -0.2) is 57.9 Å². The van der Waals surface area contributed by atoms with Crippen LogP contribution in [0.2, 0.25) is 0 Å². The number of hydrogen-bond acceptors (Lipinski definition) is 4. The van der Waals surface area contributed by atoms with Crippen LogP contribution in [-0.2, 0) is 11.2 Å². The lowest BCUT2D eigenvalue weighted by Crippen LogP contribution is -2.46. The summed E-state index contributed by atoms with van der Waals surface area (Å²) >= 11 is 0. The molecule has 3 heterocycles. The van der Waals surface area contributed by atoms with E-state index in [2.05, 4.69) is 14.9 Å². The Morgan fingerprint density at radius 3 is 2.75 bits per heavy atom. The van der Waals surface area contributed by atoms with Crippen molar-refractivity contribution in [2.75, 3.05) is 26.2 Å². The second-order valence-electron chi connectivity index (χ2n) is 7.07. The fourth-order valence-corrected chi connectivity index (χ4v) is 3.87. The summed E-state index contributed by atoms with van der Waals surface area (Å²) in [4.78, 5) is 36.0. The Labute approximate surface area is 143 Å². The average Bonchev–Trinajstić information content (AvgIpc) is 3.09. The smallest absolute Gasteiger partial charge is 0.254 e. The van der Waals surface area contributed by atoms with Crippen molar-refractivity contribution >= 4 is 5.91 Å². The van der Waals surface area contributed by atoms with Crippen LogP contribution in [0.3, 0.4) is 0 Å². The molecule has 1 N–H and O–H groups in total. The van der Waals surface area contributed by atoms with E-state index in [0.29, 0.717) is 17.4 Å². The van der Waals surface area contributed by atoms with E-state index in [1.54, 1.807) is 6.92 Å². The minimum atomic E-state index is -0.193. The van der Waals surface area contributed by atoms with Gasteiger partial charge in [0.1, 0.15) is 5.82 Å². The lowest BCUT2D eigenvalue weighted by Gasteiger charge is -2.36. The molecule has 6 nitrogen and oxygen atoms in total. The molecule has 2 fully saturated rings. The van der Waals surface area contributed by atoms with Gasteiger partial charge in [0.25, 0.3) is 5.56 Å². The van der Waals surface area contributed by atoms with Gasteiger partial charge >= 0.3 is 0 Å². The van der Waals surface area contributed by atoms with Crippen LogP contribution >= 0.6 is 0 Å². The fourth-order valence-electron chi connectivity index (χ4n) is 3.87. The van der Waals surface area contributed by atoms with E-state index in [1.807, 2.05) is 4.90 Å². The molecular formula is C18H28N4O2. The van der Waals surface area contributed by atoms with Crippen molar-refractivity contribution in [2.45, 2.75) is 57.9 Å². The zero-order valence-corrected chi connectivity index (χ0v) is 14.6. The quantitative estimate of drug-likeness (QED) is 0.887. The molecule has 0 aliphatic carbocycles. The highest BCUT2D eigenvalue weighted by Gasteiger charge is 2.27. The summed E-state index contributed by atoms with van der Waals surface area (Å²) in [5.41, 5.74) is 0.274. The lowest BCUT2D eigenvalue weighted by molar-refractivity contribution is -0.134. The fraction of sp³-hybridized carbons (Fsp3) is 0.722. The molecule has 6 heteroatoms. The second kappa shape index (κ2) is 7.92. The molecule has 24 heavy (non-hydrogen) atoms. The maximum absolute atomic E-state index is 12.7. The van der Waals surface area contributed by atoms with Gasteiger partial charge in [0.05, 0.1) is 6.42 Å². The molecule has 0 bridgehead atoms. The zero-order valence-electron chi connectivity index (χ0n) is 14.6. The lowest BCUT2D eigenvalue weighted by atomic mass is 9.98. The van der Waals surface area contributed by atoms with E-state index in [1.165, 1.54) is 38.5 Å². The van der Waals surface area contributed by atoms with Crippen LogP contribution in [0, 0.1) is 6.92 Å². The van der Waals surface area contributed by atoms with Crippen LogP contribution < -0.4 is 5.56 Å². The first kappa shape index (κ1) is 17.1. The number of nitrogens with zero attached hydrogens (tertiary/aromatic N) is 3. The first-order chi connectivity index (χ1) is 11.6. The molecule has 0 saturated carbocycles. The highest BCUT2D eigenvalue weighted by Crippen LogP contribution is 2.21. The summed E-state index contributed by atoms with van der Waals surface area (Å²) in [5, 5.41) is 0. The number of amides is 1. The van der Waals surface area contributed by atoms with E-state index in [0.717, 1.165) is 32.4 Å². The predicted octanol–water partition coefficient (Wildman–Crippen LogP) is 1.49. The molecule has 1 aromatic heterocycles. The van der Waals surface area contributed by atoms with Gasteiger partial charge in [-0.3, -0.25) is 9.59 Å². The maximum atomic E-state index is 12.7. The van der Waals surface area contributed by atoms with Crippen molar-refractivity contribution < 1.29 is 4.79 Å². The normalized spacial score (nSPS) is 22.0. The summed E-state index contributed by atoms with van der Waals surface area (Å²) < 4.78 is 0. The van der Waals surface area contributed by atoms with E-state index in [4.69, 9.17) is 0 Å². The Morgan fingerprint density at radius 1 is 1.25 bits per heavy atom. The van der Waals surface area contributed by atoms with Crippen molar-refractivity contribution in [3.05, 3.63) is 27.9 Å². The highest BCUT2D eigenvalue weighted by molar-refractivity contribution is 5.79. The number of carbonyl (C=O) groups is 1. The van der Waals surface area contributed by atoms with Crippen molar-refractivity contribution in [3.63, 3.8) is 0 Å². The molecule has 0 aromatic carbocycles. The van der Waals surface area contributed by atoms with E-state index < -0.39 is 0 Å². The largest absolute Gasteiger partial charge is 0.339 e. The number of aryl methyl sites for hydroxylation is 1. The van der Waals surface area contributed by atoms with Gasteiger partial charge in [-0.25, -0.2) is 4.98 Å². The number of hydrogen-bond donors (Lipinski definition) is 1. The van der Waals surface area contributed by atoms with Crippen molar-refractivity contribution in [3.8, 4) is 0 Å². The number of nitrogens with one attached hydrogen (secondary N) is 1. The summed E-state index contributed by atoms with van der Waals surface area (Å²) in [7, 11) is 0. The standard InChI is InChI=1S/C18H28N4O2/c1-14-19-13-15(18(24)20-14)12-17(23)22-10-3-2-6-16(22)7-11-21-8-4-5-9-21/h13,16H,2-12H2,1H3,(H,19,20,24)/t16-/m1/s1. The molecule has 2 saturated heterocycles. The molecular weight excluding hydrogens is 304 g/mol. The number of piperidine rings is 1. The Hall–Kier alpha value is -1.69. The van der Waals surface area contributed by atoms with Crippen molar-refractivity contribution in [1.29, 1.82) is 0 Å². The second-order valence-corrected chi connectivity index (χ2v) is 7.07. The zero-order chi connectivity index (χ0) is 16.9. The number of rotatable bonds is 5. The van der Waals surface area contributed by atoms with Gasteiger partial charge in [0, 0.05) is 30.9 Å². The minimum absolute atomic E-state index is 0.0669. The third-order valence-corrected chi connectivity index (χ3v) is 5.27. The molecule has 3 rings (SSSR count). The molecule has 1 amide bonds. The molecule has 1 atom stereocenters. The van der Waals surface area contributed by atoms with Gasteiger partial charge in [-0.2, -0.15) is 0 Å². The average molecular weight is 332 g/mol. The summed E-state index contributed by atoms with van der Waals surface area (Å²) in [6.07, 6.45) is 8.69. The molecule has 2 aliphatic heterocycles. The van der Waals surface area contributed by atoms with Gasteiger partial charge in [-0.05, 0) is 58.5 Å². The van der Waals surface area contributed by atoms with Crippen molar-refractivity contribution in [2.24, 2.45) is 0 Å². The Balaban J connectivity index is 1.60. The predicted molar refractivity (Wildman–Crippen MR) is 92.9 cm³/mol. The summed E-state index contributed by atoms with van der Waals surface area (Å²) in [6.45, 7) is 6.05.